The summed E-state index contributed by atoms with van der Waals surface area (Å²) in [6, 6.07) is 0. The summed E-state index contributed by atoms with van der Waals surface area (Å²) < 4.78 is 0. The third kappa shape index (κ3) is 1.54. The fraction of sp³-hybridized carbons (Fsp3) is 0.600. The van der Waals surface area contributed by atoms with Crippen LogP contribution in [0.4, 0.5) is 0 Å². The topological polar surface area (TPSA) is 3.24 Å². The molecule has 0 spiro atoms. The summed E-state index contributed by atoms with van der Waals surface area (Å²) in [6.07, 6.45) is 8.74. The van der Waals surface area contributed by atoms with Gasteiger partial charge in [0.15, 0.2) is 0 Å². The van der Waals surface area contributed by atoms with E-state index in [1.807, 2.05) is 0 Å². The lowest BCUT2D eigenvalue weighted by Crippen LogP contribution is -2.43. The van der Waals surface area contributed by atoms with E-state index in [2.05, 4.69) is 57.1 Å². The Bertz CT molecular complexity index is 175. The van der Waals surface area contributed by atoms with Crippen LogP contribution in [0, 0.1) is 5.92 Å². The Balaban J connectivity index is 2.72. The molecule has 0 aliphatic heterocycles. The van der Waals surface area contributed by atoms with Crippen molar-refractivity contribution in [1.82, 2.24) is 4.90 Å². The molecule has 0 saturated heterocycles. The molecule has 0 aromatic rings. The zero-order chi connectivity index (χ0) is 8.48. The second kappa shape index (κ2) is 2.82. The predicted octanol–water partition coefficient (Wildman–Crippen LogP) is 2.07. The van der Waals surface area contributed by atoms with Crippen LogP contribution in [0.5, 0.6) is 0 Å². The molecule has 0 aromatic heterocycles. The van der Waals surface area contributed by atoms with Gasteiger partial charge in [0.05, 0.1) is 0 Å². The van der Waals surface area contributed by atoms with Gasteiger partial charge in [-0.2, -0.15) is 0 Å². The van der Waals surface area contributed by atoms with E-state index < -0.39 is 0 Å². The minimum absolute atomic E-state index is 0.240. The Morgan fingerprint density at radius 3 is 1.91 bits per heavy atom. The van der Waals surface area contributed by atoms with Crippen molar-refractivity contribution in [3.8, 4) is 0 Å². The lowest BCUT2D eigenvalue weighted by atomic mass is 9.88. The van der Waals surface area contributed by atoms with Crippen molar-refractivity contribution in [2.24, 2.45) is 5.92 Å². The van der Waals surface area contributed by atoms with Crippen molar-refractivity contribution < 1.29 is 0 Å². The average molecular weight is 151 g/mol. The molecule has 0 amide bonds. The maximum Gasteiger partial charge on any atom is 0.0244 e. The van der Waals surface area contributed by atoms with Crippen molar-refractivity contribution in [3.05, 3.63) is 24.3 Å². The van der Waals surface area contributed by atoms with Crippen LogP contribution in [0.2, 0.25) is 0 Å². The molecule has 0 radical (unpaired) electrons. The molecule has 62 valence electrons. The van der Waals surface area contributed by atoms with Crippen molar-refractivity contribution in [2.75, 3.05) is 14.1 Å². The van der Waals surface area contributed by atoms with Gasteiger partial charge in [0.2, 0.25) is 0 Å². The molecule has 0 heterocycles. The number of nitrogens with zero attached hydrogens (tertiary/aromatic N) is 1. The Morgan fingerprint density at radius 1 is 1.09 bits per heavy atom. The monoisotopic (exact) mass is 151 g/mol. The largest absolute Gasteiger partial charge is 0.303 e. The van der Waals surface area contributed by atoms with Gasteiger partial charge >= 0.3 is 0 Å². The molecule has 0 aromatic carbocycles. The van der Waals surface area contributed by atoms with Crippen LogP contribution in [0.1, 0.15) is 13.8 Å². The Labute approximate surface area is 69.4 Å². The second-order valence-corrected chi connectivity index (χ2v) is 3.84. The molecule has 0 bridgehead atoms. The summed E-state index contributed by atoms with van der Waals surface area (Å²) in [7, 11) is 4.25. The van der Waals surface area contributed by atoms with E-state index in [1.54, 1.807) is 0 Å². The number of allylic oxidation sites excluding steroid dienone is 2. The summed E-state index contributed by atoms with van der Waals surface area (Å²) in [6.45, 7) is 4.52. The maximum absolute atomic E-state index is 2.26. The van der Waals surface area contributed by atoms with Crippen LogP contribution in [0.25, 0.3) is 0 Å². The van der Waals surface area contributed by atoms with Gasteiger partial charge in [-0.1, -0.05) is 24.3 Å². The smallest absolute Gasteiger partial charge is 0.0244 e. The van der Waals surface area contributed by atoms with Crippen LogP contribution in [-0.2, 0) is 0 Å². The summed E-state index contributed by atoms with van der Waals surface area (Å²) in [5, 5.41) is 0. The molecule has 11 heavy (non-hydrogen) atoms. The third-order valence-corrected chi connectivity index (χ3v) is 2.72. The Morgan fingerprint density at radius 2 is 1.55 bits per heavy atom. The quantitative estimate of drug-likeness (QED) is 0.584. The third-order valence-electron chi connectivity index (χ3n) is 2.72. The zero-order valence-corrected chi connectivity index (χ0v) is 7.83. The minimum Gasteiger partial charge on any atom is -0.303 e. The van der Waals surface area contributed by atoms with Gasteiger partial charge in [0, 0.05) is 11.5 Å². The summed E-state index contributed by atoms with van der Waals surface area (Å²) in [4.78, 5) is 2.26. The molecule has 1 aliphatic rings. The molecule has 0 saturated carbocycles. The molecule has 1 nitrogen and oxygen atoms in total. The van der Waals surface area contributed by atoms with E-state index in [-0.39, 0.29) is 5.54 Å². The van der Waals surface area contributed by atoms with Crippen LogP contribution in [0.15, 0.2) is 24.3 Å². The summed E-state index contributed by atoms with van der Waals surface area (Å²) in [5.41, 5.74) is 0.240. The van der Waals surface area contributed by atoms with Gasteiger partial charge in [-0.25, -0.2) is 0 Å². The SMILES string of the molecule is CN(C)C(C)(C)C1C=CC=C1. The van der Waals surface area contributed by atoms with E-state index in [0.717, 1.165) is 0 Å². The highest BCUT2D eigenvalue weighted by molar-refractivity contribution is 5.22. The van der Waals surface area contributed by atoms with Gasteiger partial charge in [0.1, 0.15) is 0 Å². The molecule has 0 N–H and O–H groups in total. The fourth-order valence-electron chi connectivity index (χ4n) is 1.20. The van der Waals surface area contributed by atoms with Gasteiger partial charge < -0.3 is 4.90 Å². The van der Waals surface area contributed by atoms with Crippen LogP contribution in [-0.4, -0.2) is 24.5 Å². The fourth-order valence-corrected chi connectivity index (χ4v) is 1.20. The molecular weight excluding hydrogens is 134 g/mol. The highest BCUT2D eigenvalue weighted by atomic mass is 15.1. The van der Waals surface area contributed by atoms with E-state index in [9.17, 15) is 0 Å². The van der Waals surface area contributed by atoms with E-state index in [1.165, 1.54) is 0 Å². The Hall–Kier alpha value is -0.560. The lowest BCUT2D eigenvalue weighted by molar-refractivity contribution is 0.165. The number of hydrogen-bond donors (Lipinski definition) is 0. The zero-order valence-electron chi connectivity index (χ0n) is 7.83. The Kier molecular flexibility index (Phi) is 2.19. The van der Waals surface area contributed by atoms with Gasteiger partial charge in [0.25, 0.3) is 0 Å². The van der Waals surface area contributed by atoms with Crippen LogP contribution in [0.3, 0.4) is 0 Å². The van der Waals surface area contributed by atoms with Crippen LogP contribution >= 0.6 is 0 Å². The molecule has 0 atom stereocenters. The lowest BCUT2D eigenvalue weighted by Gasteiger charge is -2.36. The van der Waals surface area contributed by atoms with Crippen molar-refractivity contribution in [3.63, 3.8) is 0 Å². The van der Waals surface area contributed by atoms with Gasteiger partial charge in [-0.05, 0) is 27.9 Å². The van der Waals surface area contributed by atoms with Crippen molar-refractivity contribution in [1.29, 1.82) is 0 Å². The second-order valence-electron chi connectivity index (χ2n) is 3.84. The van der Waals surface area contributed by atoms with E-state index in [0.29, 0.717) is 5.92 Å². The van der Waals surface area contributed by atoms with Gasteiger partial charge in [-0.15, -0.1) is 0 Å². The summed E-state index contributed by atoms with van der Waals surface area (Å²) >= 11 is 0. The average Bonchev–Trinajstić information content (AvgIpc) is 2.37. The molecule has 1 heteroatoms. The predicted molar refractivity (Wildman–Crippen MR) is 49.5 cm³/mol. The molecule has 0 fully saturated rings. The number of rotatable bonds is 2. The molecular formula is C10H17N. The molecule has 1 rings (SSSR count). The number of hydrogen-bond acceptors (Lipinski definition) is 1. The standard InChI is InChI=1S/C10H17N/c1-10(2,11(3)4)9-7-5-6-8-9/h5-9H,1-4H3. The highest BCUT2D eigenvalue weighted by Gasteiger charge is 2.28. The van der Waals surface area contributed by atoms with Crippen molar-refractivity contribution >= 4 is 0 Å². The first-order valence-electron chi connectivity index (χ1n) is 4.07. The molecule has 0 unspecified atom stereocenters. The normalized spacial score (nSPS) is 18.6. The first kappa shape index (κ1) is 8.54. The summed E-state index contributed by atoms with van der Waals surface area (Å²) in [5.74, 6) is 0.567. The van der Waals surface area contributed by atoms with E-state index in [4.69, 9.17) is 0 Å². The van der Waals surface area contributed by atoms with Crippen LogP contribution < -0.4 is 0 Å². The first-order valence-corrected chi connectivity index (χ1v) is 4.07. The minimum atomic E-state index is 0.240. The van der Waals surface area contributed by atoms with Crippen molar-refractivity contribution in [2.45, 2.75) is 19.4 Å². The highest BCUT2D eigenvalue weighted by Crippen LogP contribution is 2.27. The molecule has 1 aliphatic carbocycles. The first-order chi connectivity index (χ1) is 5.05. The van der Waals surface area contributed by atoms with E-state index >= 15 is 0 Å². The van der Waals surface area contributed by atoms with Gasteiger partial charge in [-0.3, -0.25) is 0 Å². The maximum atomic E-state index is 2.26.